The summed E-state index contributed by atoms with van der Waals surface area (Å²) in [6.45, 7) is 7.11. The molecule has 1 aliphatic rings. The topological polar surface area (TPSA) is 137 Å². The molecule has 5 N–H and O–H groups in total. The highest BCUT2D eigenvalue weighted by molar-refractivity contribution is 5.88. The Morgan fingerprint density at radius 2 is 1.48 bits per heavy atom. The summed E-state index contributed by atoms with van der Waals surface area (Å²) in [6, 6.07) is 3.01. The fraction of sp³-hybridized carbons (Fsp3) is 0.522. The molecule has 31 heavy (non-hydrogen) atoms. The number of hydrogen-bond donors (Lipinski definition) is 5. The maximum Gasteiger partial charge on any atom is 0.335 e. The fourth-order valence-electron chi connectivity index (χ4n) is 3.24. The van der Waals surface area contributed by atoms with Gasteiger partial charge in [-0.2, -0.15) is 0 Å². The molecule has 0 radical (unpaired) electrons. The van der Waals surface area contributed by atoms with Crippen LogP contribution in [-0.4, -0.2) is 68.8 Å². The number of rotatable bonds is 8. The predicted octanol–water partition coefficient (Wildman–Crippen LogP) is 1.58. The highest BCUT2D eigenvalue weighted by Gasteiger charge is 2.45. The Bertz CT molecular complexity index is 793. The Morgan fingerprint density at radius 1 is 0.968 bits per heavy atom. The third-order valence-electron chi connectivity index (χ3n) is 5.03. The van der Waals surface area contributed by atoms with Gasteiger partial charge in [-0.05, 0) is 63.8 Å². The average Bonchev–Trinajstić information content (AvgIpc) is 2.71. The van der Waals surface area contributed by atoms with E-state index in [0.29, 0.717) is 29.7 Å². The van der Waals surface area contributed by atoms with E-state index in [1.54, 1.807) is 0 Å². The zero-order valence-corrected chi connectivity index (χ0v) is 18.3. The molecule has 8 nitrogen and oxygen atoms in total. The maximum atomic E-state index is 11.7. The maximum absolute atomic E-state index is 11.7. The Labute approximate surface area is 182 Å². The first kappa shape index (κ1) is 25.0. The molecule has 2 rings (SSSR count). The molecular formula is C23H32O8. The smallest absolute Gasteiger partial charge is 0.335 e. The Kier molecular flexibility index (Phi) is 8.79. The number of aliphatic hydroxyl groups excluding tert-OH is 4. The van der Waals surface area contributed by atoms with E-state index in [0.717, 1.165) is 11.1 Å². The van der Waals surface area contributed by atoms with Gasteiger partial charge in [0.2, 0.25) is 6.29 Å². The molecule has 1 aromatic rings. The second-order valence-electron chi connectivity index (χ2n) is 8.22. The lowest BCUT2D eigenvalue weighted by molar-refractivity contribution is -0.277. The highest BCUT2D eigenvalue weighted by atomic mass is 16.7. The number of hydrogen-bond acceptors (Lipinski definition) is 7. The van der Waals surface area contributed by atoms with Crippen LogP contribution in [0.5, 0.6) is 5.75 Å². The number of carboxylic acids is 1. The lowest BCUT2D eigenvalue weighted by Gasteiger charge is -2.40. The summed E-state index contributed by atoms with van der Waals surface area (Å²) in [6.07, 6.45) is -2.48. The van der Waals surface area contributed by atoms with Gasteiger partial charge in [-0.25, -0.2) is 4.79 Å². The van der Waals surface area contributed by atoms with E-state index in [4.69, 9.17) is 9.47 Å². The van der Waals surface area contributed by atoms with Gasteiger partial charge in [-0.3, -0.25) is 0 Å². The largest absolute Gasteiger partial charge is 0.478 e. The molecule has 5 atom stereocenters. The van der Waals surface area contributed by atoms with Gasteiger partial charge < -0.3 is 35.0 Å². The second-order valence-corrected chi connectivity index (χ2v) is 8.22. The van der Waals surface area contributed by atoms with Gasteiger partial charge in [-0.15, -0.1) is 0 Å². The van der Waals surface area contributed by atoms with E-state index in [2.05, 4.69) is 0 Å². The molecule has 1 heterocycles. The van der Waals surface area contributed by atoms with Crippen molar-refractivity contribution in [3.63, 3.8) is 0 Å². The number of aromatic carboxylic acids is 1. The first-order valence-electron chi connectivity index (χ1n) is 10.2. The van der Waals surface area contributed by atoms with E-state index in [1.165, 1.54) is 12.1 Å². The standard InChI is InChI=1S/C23H32O8/c1-12(2)5-7-14-9-16(22(28)29)10-15(8-6-13(3)4)21(14)31-23-20(27)19(26)18(25)17(11-24)30-23/h5-6,9-10,17-20,23-27H,7-8,11H2,1-4H3,(H,28,29)/t17-,18-,19+,20-,23+/m1/s1. The van der Waals surface area contributed by atoms with Crippen molar-refractivity contribution in [2.45, 2.75) is 71.2 Å². The van der Waals surface area contributed by atoms with Crippen LogP contribution in [0.3, 0.4) is 0 Å². The summed E-state index contributed by atoms with van der Waals surface area (Å²) in [5.74, 6) is -0.736. The van der Waals surface area contributed by atoms with E-state index >= 15 is 0 Å². The summed E-state index contributed by atoms with van der Waals surface area (Å²) in [7, 11) is 0. The molecule has 1 fully saturated rings. The molecule has 0 amide bonds. The molecular weight excluding hydrogens is 404 g/mol. The van der Waals surface area contributed by atoms with Gasteiger partial charge in [-0.1, -0.05) is 23.3 Å². The second kappa shape index (κ2) is 10.9. The van der Waals surface area contributed by atoms with E-state index in [1.807, 2.05) is 39.8 Å². The SMILES string of the molecule is CC(C)=CCc1cc(C(=O)O)cc(CC=C(C)C)c1O[C@@H]1O[C@H](CO)[C@@H](O)[C@H](O)[C@H]1O. The van der Waals surface area contributed by atoms with Crippen LogP contribution in [0.4, 0.5) is 0 Å². The summed E-state index contributed by atoms with van der Waals surface area (Å²) in [5.41, 5.74) is 3.33. The van der Waals surface area contributed by atoms with Crippen LogP contribution >= 0.6 is 0 Å². The molecule has 0 spiro atoms. The van der Waals surface area contributed by atoms with Crippen LogP contribution < -0.4 is 4.74 Å². The van der Waals surface area contributed by atoms with Gasteiger partial charge in [0.25, 0.3) is 0 Å². The van der Waals surface area contributed by atoms with Gasteiger partial charge in [0.1, 0.15) is 30.2 Å². The van der Waals surface area contributed by atoms with Crippen molar-refractivity contribution in [3.05, 3.63) is 52.1 Å². The quantitative estimate of drug-likeness (QED) is 0.388. The minimum Gasteiger partial charge on any atom is -0.478 e. The zero-order valence-electron chi connectivity index (χ0n) is 18.3. The monoisotopic (exact) mass is 436 g/mol. The first-order chi connectivity index (χ1) is 14.5. The Balaban J connectivity index is 2.54. The summed E-state index contributed by atoms with van der Waals surface area (Å²) in [4.78, 5) is 11.7. The molecule has 1 aliphatic heterocycles. The molecule has 0 saturated carbocycles. The number of carboxylic acid groups (broad SMARTS) is 1. The molecule has 1 saturated heterocycles. The zero-order chi connectivity index (χ0) is 23.3. The van der Waals surface area contributed by atoms with Crippen LogP contribution in [0, 0.1) is 0 Å². The Hall–Kier alpha value is -2.23. The van der Waals surface area contributed by atoms with Crippen molar-refractivity contribution >= 4 is 5.97 Å². The van der Waals surface area contributed by atoms with E-state index in [9.17, 15) is 30.3 Å². The summed E-state index contributed by atoms with van der Waals surface area (Å²) >= 11 is 0. The molecule has 1 aromatic carbocycles. The molecule has 8 heteroatoms. The van der Waals surface area contributed by atoms with Crippen molar-refractivity contribution in [1.82, 2.24) is 0 Å². The highest BCUT2D eigenvalue weighted by Crippen LogP contribution is 2.32. The summed E-state index contributed by atoms with van der Waals surface area (Å²) in [5, 5.41) is 49.5. The number of allylic oxidation sites excluding steroid dienone is 4. The molecule has 172 valence electrons. The summed E-state index contributed by atoms with van der Waals surface area (Å²) < 4.78 is 11.5. The van der Waals surface area contributed by atoms with Crippen molar-refractivity contribution in [2.75, 3.05) is 6.61 Å². The normalized spacial score (nSPS) is 25.6. The van der Waals surface area contributed by atoms with Crippen LogP contribution in [0.25, 0.3) is 0 Å². The van der Waals surface area contributed by atoms with Gasteiger partial charge >= 0.3 is 5.97 Å². The van der Waals surface area contributed by atoms with Crippen molar-refractivity contribution < 1.29 is 39.8 Å². The first-order valence-corrected chi connectivity index (χ1v) is 10.2. The average molecular weight is 437 g/mol. The minimum atomic E-state index is -1.57. The minimum absolute atomic E-state index is 0.107. The molecule has 0 aliphatic carbocycles. The molecule has 0 bridgehead atoms. The number of ether oxygens (including phenoxy) is 2. The van der Waals surface area contributed by atoms with Gasteiger partial charge in [0.05, 0.1) is 12.2 Å². The third-order valence-corrected chi connectivity index (χ3v) is 5.03. The van der Waals surface area contributed by atoms with Crippen LogP contribution in [0.15, 0.2) is 35.4 Å². The lowest BCUT2D eigenvalue weighted by atomic mass is 9.97. The number of aliphatic hydroxyl groups is 4. The molecule has 0 unspecified atom stereocenters. The number of carbonyl (C=O) groups is 1. The van der Waals surface area contributed by atoms with Crippen molar-refractivity contribution in [2.24, 2.45) is 0 Å². The third kappa shape index (κ3) is 6.38. The Morgan fingerprint density at radius 3 is 1.90 bits per heavy atom. The molecule has 0 aromatic heterocycles. The van der Waals surface area contributed by atoms with Gasteiger partial charge in [0, 0.05) is 0 Å². The van der Waals surface area contributed by atoms with Crippen molar-refractivity contribution in [3.8, 4) is 5.75 Å². The van der Waals surface area contributed by atoms with E-state index < -0.39 is 43.3 Å². The predicted molar refractivity (Wildman–Crippen MR) is 114 cm³/mol. The van der Waals surface area contributed by atoms with Crippen LogP contribution in [0.1, 0.15) is 49.2 Å². The van der Waals surface area contributed by atoms with Crippen LogP contribution in [0.2, 0.25) is 0 Å². The van der Waals surface area contributed by atoms with Crippen LogP contribution in [-0.2, 0) is 17.6 Å². The number of benzene rings is 1. The lowest BCUT2D eigenvalue weighted by Crippen LogP contribution is -2.60. The van der Waals surface area contributed by atoms with E-state index in [-0.39, 0.29) is 5.56 Å². The fourth-order valence-corrected chi connectivity index (χ4v) is 3.24. The van der Waals surface area contributed by atoms with Gasteiger partial charge in [0.15, 0.2) is 0 Å². The van der Waals surface area contributed by atoms with Crippen molar-refractivity contribution in [1.29, 1.82) is 0 Å².